The molecule has 108 valence electrons. The summed E-state index contributed by atoms with van der Waals surface area (Å²) < 4.78 is 41.0. The van der Waals surface area contributed by atoms with Gasteiger partial charge in [-0.1, -0.05) is 23.7 Å². The molecule has 7 heteroatoms. The second kappa shape index (κ2) is 7.02. The van der Waals surface area contributed by atoms with Gasteiger partial charge >= 0.3 is 6.18 Å². The predicted octanol–water partition coefficient (Wildman–Crippen LogP) is 4.63. The van der Waals surface area contributed by atoms with Crippen LogP contribution in [0.4, 0.5) is 13.2 Å². The van der Waals surface area contributed by atoms with Crippen LogP contribution in [0.15, 0.2) is 24.3 Å². The third-order valence-electron chi connectivity index (χ3n) is 2.61. The summed E-state index contributed by atoms with van der Waals surface area (Å²) >= 11 is 17.5. The lowest BCUT2D eigenvalue weighted by molar-refractivity contribution is -0.176. The molecule has 0 aliphatic rings. The largest absolute Gasteiger partial charge is 0.411 e. The first-order valence-electron chi connectivity index (χ1n) is 5.35. The first-order valence-corrected chi connectivity index (χ1v) is 6.80. The summed E-state index contributed by atoms with van der Waals surface area (Å²) in [5.74, 6) is 0.103. The van der Waals surface area contributed by atoms with E-state index in [1.54, 1.807) is 24.3 Å². The van der Waals surface area contributed by atoms with Crippen molar-refractivity contribution in [2.75, 3.05) is 25.0 Å². The second-order valence-corrected chi connectivity index (χ2v) is 5.13. The molecule has 0 bridgehead atoms. The fourth-order valence-corrected chi connectivity index (χ4v) is 2.39. The number of benzene rings is 1. The summed E-state index contributed by atoms with van der Waals surface area (Å²) in [6, 6.07) is 6.64. The highest BCUT2D eigenvalue weighted by Crippen LogP contribution is 2.30. The molecule has 0 fully saturated rings. The maximum atomic E-state index is 12.1. The number of hydrogen-bond acceptors (Lipinski definition) is 1. The van der Waals surface area contributed by atoms with Crippen LogP contribution in [0.5, 0.6) is 0 Å². The Labute approximate surface area is 124 Å². The Morgan fingerprint density at radius 2 is 1.47 bits per heavy atom. The smallest absolute Gasteiger partial charge is 0.371 e. The van der Waals surface area contributed by atoms with Crippen molar-refractivity contribution < 1.29 is 17.9 Å². The number of alkyl halides is 5. The van der Waals surface area contributed by atoms with E-state index >= 15 is 0 Å². The van der Waals surface area contributed by atoms with Gasteiger partial charge in [0.2, 0.25) is 0 Å². The molecule has 0 saturated heterocycles. The van der Waals surface area contributed by atoms with Crippen LogP contribution in [0.2, 0.25) is 5.02 Å². The Hall–Kier alpha value is -0.160. The number of halogens is 6. The van der Waals surface area contributed by atoms with Gasteiger partial charge in [0, 0.05) is 22.2 Å². The zero-order valence-electron chi connectivity index (χ0n) is 9.81. The van der Waals surface area contributed by atoms with Crippen LogP contribution in [-0.2, 0) is 10.2 Å². The zero-order valence-corrected chi connectivity index (χ0v) is 12.1. The van der Waals surface area contributed by atoms with Gasteiger partial charge in [-0.3, -0.25) is 0 Å². The van der Waals surface area contributed by atoms with Gasteiger partial charge < -0.3 is 4.74 Å². The van der Waals surface area contributed by atoms with E-state index in [9.17, 15) is 13.2 Å². The van der Waals surface area contributed by atoms with Gasteiger partial charge in [0.15, 0.2) is 0 Å². The summed E-state index contributed by atoms with van der Waals surface area (Å²) in [5, 5.41) is 0.526. The first kappa shape index (κ1) is 16.9. The van der Waals surface area contributed by atoms with Crippen LogP contribution in [0.25, 0.3) is 0 Å². The molecule has 0 atom stereocenters. The molecular weight excluding hydrogens is 323 g/mol. The fourth-order valence-electron chi connectivity index (χ4n) is 1.52. The molecule has 0 aromatic heterocycles. The Balaban J connectivity index is 2.82. The average Bonchev–Trinajstić information content (AvgIpc) is 2.35. The Bertz CT molecular complexity index is 388. The van der Waals surface area contributed by atoms with Crippen LogP contribution in [-0.4, -0.2) is 31.2 Å². The summed E-state index contributed by atoms with van der Waals surface area (Å²) in [7, 11) is 0. The number of rotatable bonds is 6. The molecule has 0 spiro atoms. The number of hydrogen-bond donors (Lipinski definition) is 0. The highest BCUT2D eigenvalue weighted by atomic mass is 35.5. The lowest BCUT2D eigenvalue weighted by atomic mass is 9.85. The van der Waals surface area contributed by atoms with Gasteiger partial charge in [-0.05, 0) is 17.7 Å². The molecule has 1 nitrogen and oxygen atoms in total. The molecule has 0 aliphatic carbocycles. The molecule has 0 saturated carbocycles. The molecule has 0 radical (unpaired) electrons. The van der Waals surface area contributed by atoms with Gasteiger partial charge in [0.1, 0.15) is 6.61 Å². The highest BCUT2D eigenvalue weighted by Gasteiger charge is 2.34. The van der Waals surface area contributed by atoms with Crippen LogP contribution in [0.3, 0.4) is 0 Å². The van der Waals surface area contributed by atoms with E-state index in [0.717, 1.165) is 0 Å². The summed E-state index contributed by atoms with van der Waals surface area (Å²) in [6.45, 7) is -1.53. The topological polar surface area (TPSA) is 9.23 Å². The van der Waals surface area contributed by atoms with Gasteiger partial charge in [-0.15, -0.1) is 23.2 Å². The Kier molecular flexibility index (Phi) is 6.24. The Morgan fingerprint density at radius 1 is 0.947 bits per heavy atom. The lowest BCUT2D eigenvalue weighted by Gasteiger charge is -2.30. The van der Waals surface area contributed by atoms with Crippen molar-refractivity contribution in [2.45, 2.75) is 11.6 Å². The van der Waals surface area contributed by atoms with E-state index in [1.807, 2.05) is 0 Å². The van der Waals surface area contributed by atoms with Crippen molar-refractivity contribution in [1.82, 2.24) is 0 Å². The molecule has 0 unspecified atom stereocenters. The fraction of sp³-hybridized carbons (Fsp3) is 0.500. The SMILES string of the molecule is FC(F)(F)COCC(CCl)(CCl)c1ccc(Cl)cc1. The second-order valence-electron chi connectivity index (χ2n) is 4.16. The molecule has 0 heterocycles. The minimum Gasteiger partial charge on any atom is -0.371 e. The lowest BCUT2D eigenvalue weighted by Crippen LogP contribution is -2.37. The maximum Gasteiger partial charge on any atom is 0.411 e. The van der Waals surface area contributed by atoms with Crippen molar-refractivity contribution in [3.63, 3.8) is 0 Å². The van der Waals surface area contributed by atoms with E-state index in [-0.39, 0.29) is 18.4 Å². The zero-order chi connectivity index (χ0) is 14.5. The van der Waals surface area contributed by atoms with E-state index in [1.165, 1.54) is 0 Å². The van der Waals surface area contributed by atoms with E-state index in [2.05, 4.69) is 0 Å². The van der Waals surface area contributed by atoms with Crippen LogP contribution in [0, 0.1) is 0 Å². The minimum atomic E-state index is -4.37. The van der Waals surface area contributed by atoms with Crippen molar-refractivity contribution in [2.24, 2.45) is 0 Å². The molecule has 0 amide bonds. The maximum absolute atomic E-state index is 12.1. The summed E-state index contributed by atoms with van der Waals surface area (Å²) in [6.07, 6.45) is -4.37. The van der Waals surface area contributed by atoms with Crippen molar-refractivity contribution >= 4 is 34.8 Å². The standard InChI is InChI=1S/C12H12Cl3F3O/c13-5-11(6-14,7-19-8-12(16,17)18)9-1-3-10(15)4-2-9/h1-4H,5-8H2. The molecule has 1 rings (SSSR count). The molecule has 0 aliphatic heterocycles. The summed E-state index contributed by atoms with van der Waals surface area (Å²) in [5.41, 5.74) is -0.164. The first-order chi connectivity index (χ1) is 8.83. The van der Waals surface area contributed by atoms with Gasteiger partial charge in [0.05, 0.1) is 6.61 Å². The highest BCUT2D eigenvalue weighted by molar-refractivity contribution is 6.30. The monoisotopic (exact) mass is 334 g/mol. The van der Waals surface area contributed by atoms with E-state index < -0.39 is 18.2 Å². The third-order valence-corrected chi connectivity index (χ3v) is 3.89. The van der Waals surface area contributed by atoms with Gasteiger partial charge in [-0.2, -0.15) is 13.2 Å². The molecule has 1 aromatic carbocycles. The van der Waals surface area contributed by atoms with Crippen LogP contribution < -0.4 is 0 Å². The van der Waals surface area contributed by atoms with E-state index in [0.29, 0.717) is 10.6 Å². The van der Waals surface area contributed by atoms with Gasteiger partial charge in [-0.25, -0.2) is 0 Å². The minimum absolute atomic E-state index is 0.0516. The number of ether oxygens (including phenoxy) is 1. The Morgan fingerprint density at radius 3 is 1.89 bits per heavy atom. The van der Waals surface area contributed by atoms with Crippen LogP contribution in [0.1, 0.15) is 5.56 Å². The normalized spacial score (nSPS) is 12.7. The molecular formula is C12H12Cl3F3O. The van der Waals surface area contributed by atoms with Crippen molar-refractivity contribution in [1.29, 1.82) is 0 Å². The van der Waals surface area contributed by atoms with Crippen molar-refractivity contribution in [3.05, 3.63) is 34.9 Å². The summed E-state index contributed by atoms with van der Waals surface area (Å²) in [4.78, 5) is 0. The van der Waals surface area contributed by atoms with Crippen molar-refractivity contribution in [3.8, 4) is 0 Å². The molecule has 0 N–H and O–H groups in total. The van der Waals surface area contributed by atoms with Crippen LogP contribution >= 0.6 is 34.8 Å². The van der Waals surface area contributed by atoms with E-state index in [4.69, 9.17) is 39.5 Å². The third kappa shape index (κ3) is 5.03. The molecule has 1 aromatic rings. The van der Waals surface area contributed by atoms with Gasteiger partial charge in [0.25, 0.3) is 0 Å². The average molecular weight is 336 g/mol. The predicted molar refractivity (Wildman–Crippen MR) is 71.4 cm³/mol. The quantitative estimate of drug-likeness (QED) is 0.689. The molecule has 19 heavy (non-hydrogen) atoms.